The number of carbonyl (C=O) groups is 2. The Morgan fingerprint density at radius 1 is 1.14 bits per heavy atom. The standard InChI is InChI=1S/C16H11NO4/c1-21-16(20)13-7-11(6-12(8-13)15(18)19)14-5-3-2-4-10(14)9-17/h2-8H,1H3,(H,18,19). The first-order valence-electron chi connectivity index (χ1n) is 6.03. The van der Waals surface area contributed by atoms with Crippen LogP contribution in [0, 0.1) is 11.3 Å². The van der Waals surface area contributed by atoms with Crippen molar-refractivity contribution >= 4 is 11.9 Å². The van der Waals surface area contributed by atoms with Gasteiger partial charge in [0.15, 0.2) is 0 Å². The zero-order chi connectivity index (χ0) is 15.4. The molecule has 0 spiro atoms. The summed E-state index contributed by atoms with van der Waals surface area (Å²) in [5.41, 5.74) is 1.53. The molecule has 5 nitrogen and oxygen atoms in total. The van der Waals surface area contributed by atoms with Crippen LogP contribution in [-0.4, -0.2) is 24.2 Å². The van der Waals surface area contributed by atoms with E-state index in [1.165, 1.54) is 25.3 Å². The molecule has 0 unspecified atom stereocenters. The van der Waals surface area contributed by atoms with Crippen molar-refractivity contribution in [2.75, 3.05) is 7.11 Å². The van der Waals surface area contributed by atoms with Gasteiger partial charge in [-0.2, -0.15) is 5.26 Å². The fourth-order valence-corrected chi connectivity index (χ4v) is 1.97. The lowest BCUT2D eigenvalue weighted by Crippen LogP contribution is -2.05. The van der Waals surface area contributed by atoms with Gasteiger partial charge in [-0.25, -0.2) is 9.59 Å². The van der Waals surface area contributed by atoms with Gasteiger partial charge in [-0.05, 0) is 35.4 Å². The number of rotatable bonds is 3. The topological polar surface area (TPSA) is 87.4 Å². The number of nitrogens with zero attached hydrogens (tertiary/aromatic N) is 1. The van der Waals surface area contributed by atoms with Crippen molar-refractivity contribution in [2.24, 2.45) is 0 Å². The Balaban J connectivity index is 2.68. The van der Waals surface area contributed by atoms with E-state index in [1.807, 2.05) is 6.07 Å². The number of nitriles is 1. The van der Waals surface area contributed by atoms with Gasteiger partial charge < -0.3 is 9.84 Å². The van der Waals surface area contributed by atoms with Gasteiger partial charge in [-0.15, -0.1) is 0 Å². The van der Waals surface area contributed by atoms with E-state index in [1.54, 1.807) is 24.3 Å². The van der Waals surface area contributed by atoms with Crippen LogP contribution in [0.25, 0.3) is 11.1 Å². The molecule has 0 radical (unpaired) electrons. The maximum atomic E-state index is 11.6. The SMILES string of the molecule is COC(=O)c1cc(C(=O)O)cc(-c2ccccc2C#N)c1. The van der Waals surface area contributed by atoms with E-state index in [0.717, 1.165) is 0 Å². The Hall–Kier alpha value is -3.13. The van der Waals surface area contributed by atoms with E-state index in [0.29, 0.717) is 16.7 Å². The lowest BCUT2D eigenvalue weighted by Gasteiger charge is -2.08. The van der Waals surface area contributed by atoms with Crippen LogP contribution in [0.5, 0.6) is 0 Å². The molecule has 2 rings (SSSR count). The van der Waals surface area contributed by atoms with E-state index < -0.39 is 11.9 Å². The van der Waals surface area contributed by atoms with Crippen LogP contribution in [0.2, 0.25) is 0 Å². The molecule has 0 saturated carbocycles. The largest absolute Gasteiger partial charge is 0.478 e. The van der Waals surface area contributed by atoms with Crippen molar-refractivity contribution in [3.63, 3.8) is 0 Å². The summed E-state index contributed by atoms with van der Waals surface area (Å²) in [6, 6.07) is 13.0. The number of aromatic carboxylic acids is 1. The summed E-state index contributed by atoms with van der Waals surface area (Å²) in [6.45, 7) is 0. The number of carboxylic acid groups (broad SMARTS) is 1. The summed E-state index contributed by atoms with van der Waals surface area (Å²) in [5.74, 6) is -1.79. The van der Waals surface area contributed by atoms with Gasteiger partial charge in [0.25, 0.3) is 0 Å². The third-order valence-corrected chi connectivity index (χ3v) is 2.96. The highest BCUT2D eigenvalue weighted by Crippen LogP contribution is 2.26. The fraction of sp³-hybridized carbons (Fsp3) is 0.0625. The zero-order valence-electron chi connectivity index (χ0n) is 11.2. The number of carbonyl (C=O) groups excluding carboxylic acids is 1. The summed E-state index contributed by atoms with van der Waals surface area (Å²) in [4.78, 5) is 22.8. The summed E-state index contributed by atoms with van der Waals surface area (Å²) in [7, 11) is 1.22. The highest BCUT2D eigenvalue weighted by Gasteiger charge is 2.14. The minimum atomic E-state index is -1.16. The Labute approximate surface area is 121 Å². The van der Waals surface area contributed by atoms with Crippen LogP contribution in [0.1, 0.15) is 26.3 Å². The van der Waals surface area contributed by atoms with Crippen LogP contribution in [0.15, 0.2) is 42.5 Å². The molecule has 104 valence electrons. The molecule has 5 heteroatoms. The predicted octanol–water partition coefficient (Wildman–Crippen LogP) is 2.71. The summed E-state index contributed by atoms with van der Waals surface area (Å²) in [6.07, 6.45) is 0. The Morgan fingerprint density at radius 3 is 2.43 bits per heavy atom. The minimum absolute atomic E-state index is 0.0411. The molecule has 0 saturated heterocycles. The summed E-state index contributed by atoms with van der Waals surface area (Å²) in [5, 5.41) is 18.3. The van der Waals surface area contributed by atoms with Crippen LogP contribution in [0.3, 0.4) is 0 Å². The number of benzene rings is 2. The molecule has 2 aromatic carbocycles. The van der Waals surface area contributed by atoms with Crippen molar-refractivity contribution in [2.45, 2.75) is 0 Å². The molecule has 2 aromatic rings. The van der Waals surface area contributed by atoms with Gasteiger partial charge in [0.1, 0.15) is 0 Å². The lowest BCUT2D eigenvalue weighted by atomic mass is 9.96. The predicted molar refractivity (Wildman–Crippen MR) is 74.9 cm³/mol. The molecule has 1 N–H and O–H groups in total. The third-order valence-electron chi connectivity index (χ3n) is 2.96. The zero-order valence-corrected chi connectivity index (χ0v) is 11.2. The molecule has 0 aromatic heterocycles. The molecule has 21 heavy (non-hydrogen) atoms. The number of methoxy groups -OCH3 is 1. The first-order valence-corrected chi connectivity index (χ1v) is 6.03. The fourth-order valence-electron chi connectivity index (χ4n) is 1.97. The molecule has 0 atom stereocenters. The second-order valence-corrected chi connectivity index (χ2v) is 4.25. The van der Waals surface area contributed by atoms with E-state index >= 15 is 0 Å². The van der Waals surface area contributed by atoms with Gasteiger partial charge in [0.05, 0.1) is 29.9 Å². The first-order chi connectivity index (χ1) is 10.1. The van der Waals surface area contributed by atoms with E-state index in [2.05, 4.69) is 4.74 Å². The van der Waals surface area contributed by atoms with Gasteiger partial charge >= 0.3 is 11.9 Å². The van der Waals surface area contributed by atoms with Crippen molar-refractivity contribution in [3.05, 3.63) is 59.2 Å². The molecule has 0 fully saturated rings. The molecule has 0 aliphatic carbocycles. The highest BCUT2D eigenvalue weighted by atomic mass is 16.5. The quantitative estimate of drug-likeness (QED) is 0.874. The second-order valence-electron chi connectivity index (χ2n) is 4.25. The molecule has 0 amide bonds. The van der Waals surface area contributed by atoms with Crippen molar-refractivity contribution < 1.29 is 19.4 Å². The van der Waals surface area contributed by atoms with Crippen molar-refractivity contribution in [1.82, 2.24) is 0 Å². The number of carboxylic acids is 1. The van der Waals surface area contributed by atoms with Gasteiger partial charge in [0, 0.05) is 0 Å². The summed E-state index contributed by atoms with van der Waals surface area (Å²) >= 11 is 0. The van der Waals surface area contributed by atoms with E-state index in [4.69, 9.17) is 10.4 Å². The van der Waals surface area contributed by atoms with Crippen molar-refractivity contribution in [3.8, 4) is 17.2 Å². The lowest BCUT2D eigenvalue weighted by molar-refractivity contribution is 0.0601. The molecule has 0 aliphatic heterocycles. The molecular weight excluding hydrogens is 270 g/mol. The average Bonchev–Trinajstić information content (AvgIpc) is 2.53. The molecule has 0 aliphatic rings. The van der Waals surface area contributed by atoms with Crippen LogP contribution < -0.4 is 0 Å². The van der Waals surface area contributed by atoms with Crippen LogP contribution in [-0.2, 0) is 4.74 Å². The van der Waals surface area contributed by atoms with E-state index in [9.17, 15) is 9.59 Å². The number of ether oxygens (including phenoxy) is 1. The van der Waals surface area contributed by atoms with Crippen LogP contribution >= 0.6 is 0 Å². The van der Waals surface area contributed by atoms with Gasteiger partial charge in [-0.1, -0.05) is 18.2 Å². The second kappa shape index (κ2) is 5.88. The highest BCUT2D eigenvalue weighted by molar-refractivity contribution is 5.97. The van der Waals surface area contributed by atoms with E-state index in [-0.39, 0.29) is 11.1 Å². The maximum absolute atomic E-state index is 11.6. The Kier molecular flexibility index (Phi) is 4.00. The smallest absolute Gasteiger partial charge is 0.337 e. The average molecular weight is 281 g/mol. The molecule has 0 bridgehead atoms. The molecule has 0 heterocycles. The third kappa shape index (κ3) is 2.90. The van der Waals surface area contributed by atoms with Crippen LogP contribution in [0.4, 0.5) is 0 Å². The monoisotopic (exact) mass is 281 g/mol. The Bertz CT molecular complexity index is 759. The maximum Gasteiger partial charge on any atom is 0.337 e. The number of esters is 1. The van der Waals surface area contributed by atoms with Gasteiger partial charge in [0.2, 0.25) is 0 Å². The minimum Gasteiger partial charge on any atom is -0.478 e. The summed E-state index contributed by atoms with van der Waals surface area (Å²) < 4.78 is 4.62. The number of hydrogen-bond donors (Lipinski definition) is 1. The number of hydrogen-bond acceptors (Lipinski definition) is 4. The first kappa shape index (κ1) is 14.3. The Morgan fingerprint density at radius 2 is 1.81 bits per heavy atom. The molecular formula is C16H11NO4. The van der Waals surface area contributed by atoms with Gasteiger partial charge in [-0.3, -0.25) is 0 Å². The van der Waals surface area contributed by atoms with Crippen molar-refractivity contribution in [1.29, 1.82) is 5.26 Å². The normalized spacial score (nSPS) is 9.71.